The summed E-state index contributed by atoms with van der Waals surface area (Å²) in [5, 5.41) is 29.4. The highest BCUT2D eigenvalue weighted by molar-refractivity contribution is 9.10. The molecule has 13 rings (SSSR count). The minimum Gasteiger partial charge on any atom is -0.508 e. The van der Waals surface area contributed by atoms with Gasteiger partial charge < -0.3 is 44.1 Å². The number of pyridine rings is 1. The van der Waals surface area contributed by atoms with E-state index in [0.29, 0.717) is 17.8 Å². The van der Waals surface area contributed by atoms with Gasteiger partial charge in [0.2, 0.25) is 0 Å². The van der Waals surface area contributed by atoms with Gasteiger partial charge in [-0.3, -0.25) is 24.2 Å². The number of hydrogen-bond acceptors (Lipinski definition) is 18. The van der Waals surface area contributed by atoms with Crippen LogP contribution in [0.25, 0.3) is 0 Å². The fourth-order valence-electron chi connectivity index (χ4n) is 9.45. The predicted octanol–water partition coefficient (Wildman–Crippen LogP) is 7.08. The number of halogens is 1. The van der Waals surface area contributed by atoms with Crippen LogP contribution in [0.3, 0.4) is 0 Å². The number of phenols is 1. The van der Waals surface area contributed by atoms with E-state index in [2.05, 4.69) is 97.7 Å². The Labute approximate surface area is 499 Å². The lowest BCUT2D eigenvalue weighted by Gasteiger charge is -2.16. The summed E-state index contributed by atoms with van der Waals surface area (Å²) in [6.07, 6.45) is 1.68. The molecule has 0 unspecified atom stereocenters. The SMILES string of the molecule is C.COc1ccc(COc2ccc3c(c2)CN(c2ccc(=O)n(C)n2)C3)nc1.COc1ccc2c(c1)CN(c1ccc(=O)n(C)n1)C2.COc1ccc2c(c1)CNC2.Cn1nc(Br)ccc1=O.Cn1nc(N2Cc3ccc(O)cc3C2)ccc1=O. The molecule has 85 heavy (non-hydrogen) atoms. The molecule has 442 valence electrons. The van der Waals surface area contributed by atoms with Crippen LogP contribution in [0.1, 0.15) is 57.6 Å². The number of nitrogens with one attached hydrogen (secondary N) is 1. The zero-order chi connectivity index (χ0) is 59.4. The van der Waals surface area contributed by atoms with Gasteiger partial charge in [0.1, 0.15) is 57.4 Å². The van der Waals surface area contributed by atoms with Gasteiger partial charge in [-0.1, -0.05) is 31.7 Å². The van der Waals surface area contributed by atoms with Crippen molar-refractivity contribution >= 4 is 33.4 Å². The van der Waals surface area contributed by atoms with Gasteiger partial charge in [-0.05, 0) is 145 Å². The van der Waals surface area contributed by atoms with Crippen molar-refractivity contribution in [3.05, 3.63) is 236 Å². The van der Waals surface area contributed by atoms with Crippen molar-refractivity contribution in [2.45, 2.75) is 66.4 Å². The number of phenolic OH excluding ortho intramolecular Hbond substituents is 1. The smallest absolute Gasteiger partial charge is 0.266 e. The summed E-state index contributed by atoms with van der Waals surface area (Å²) in [4.78, 5) is 55.5. The van der Waals surface area contributed by atoms with E-state index in [9.17, 15) is 24.3 Å². The normalized spacial score (nSPS) is 12.9. The van der Waals surface area contributed by atoms with Crippen LogP contribution in [-0.4, -0.2) is 70.5 Å². The minimum absolute atomic E-state index is 0. The molecular formula is C62H68BrN13O9. The second kappa shape index (κ2) is 28.1. The van der Waals surface area contributed by atoms with Crippen molar-refractivity contribution in [1.82, 2.24) is 49.4 Å². The maximum absolute atomic E-state index is 11.5. The van der Waals surface area contributed by atoms with Crippen LogP contribution in [0.4, 0.5) is 17.5 Å². The van der Waals surface area contributed by atoms with E-state index in [1.807, 2.05) is 36.4 Å². The van der Waals surface area contributed by atoms with Crippen molar-refractivity contribution in [3.63, 3.8) is 0 Å². The molecule has 0 fully saturated rings. The minimum atomic E-state index is -0.117. The van der Waals surface area contributed by atoms with Crippen molar-refractivity contribution in [2.24, 2.45) is 28.2 Å². The van der Waals surface area contributed by atoms with Gasteiger partial charge in [0.25, 0.3) is 22.2 Å². The molecule has 0 radical (unpaired) electrons. The van der Waals surface area contributed by atoms with Crippen molar-refractivity contribution < 1.29 is 24.1 Å². The molecular weight excluding hydrogens is 1150 g/mol. The number of aromatic hydroxyl groups is 1. The molecule has 9 heterocycles. The second-order valence-corrected chi connectivity index (χ2v) is 20.7. The third-order valence-corrected chi connectivity index (χ3v) is 14.6. The third kappa shape index (κ3) is 15.7. The number of benzene rings is 4. The molecule has 0 amide bonds. The first-order chi connectivity index (χ1) is 40.5. The number of methoxy groups -OCH3 is 3. The summed E-state index contributed by atoms with van der Waals surface area (Å²) in [6.45, 7) is 6.93. The predicted molar refractivity (Wildman–Crippen MR) is 328 cm³/mol. The summed E-state index contributed by atoms with van der Waals surface area (Å²) < 4.78 is 27.3. The molecule has 0 bridgehead atoms. The van der Waals surface area contributed by atoms with E-state index in [0.717, 1.165) is 97.5 Å². The molecule has 23 heteroatoms. The standard InChI is InChI=1S/C20H20N4O3.C14H15N3O2.C13H13N3O2.C9H11NO.C5H5BrN2O.CH4/c1-23-20(25)8-7-19(22-23)24-11-14-3-5-17(9-15(14)12-24)27-13-16-4-6-18(26-2)10-21-16;1-16-14(18)6-5-13(15-16)17-8-10-3-4-12(19-2)7-11(10)9-17;1-15-13(18)5-4-12(14-15)16-7-9-2-3-11(17)6-10(9)8-16;1-11-9-3-2-7-5-10-6-8(7)4-9;1-8-5(9)3-2-4(6)7-8;/h3-10H,11-13H2,1-2H3;3-7H,8-9H2,1-2H3;2-6,17H,7-8H2,1H3;2-4,10H,5-6H2,1H3;2-3H,1H3;1H4. The van der Waals surface area contributed by atoms with Crippen LogP contribution in [-0.2, 0) is 87.2 Å². The quantitative estimate of drug-likeness (QED) is 0.147. The van der Waals surface area contributed by atoms with Crippen LogP contribution in [0.2, 0.25) is 0 Å². The lowest BCUT2D eigenvalue weighted by atomic mass is 10.1. The Kier molecular flexibility index (Phi) is 20.3. The van der Waals surface area contributed by atoms with Gasteiger partial charge in [0, 0.05) is 105 Å². The second-order valence-electron chi connectivity index (χ2n) is 19.9. The van der Waals surface area contributed by atoms with Crippen LogP contribution in [0, 0.1) is 0 Å². The van der Waals surface area contributed by atoms with Gasteiger partial charge >= 0.3 is 0 Å². The Balaban J connectivity index is 0.000000145. The molecule has 2 N–H and O–H groups in total. The first-order valence-corrected chi connectivity index (χ1v) is 27.5. The third-order valence-electron chi connectivity index (χ3n) is 14.2. The summed E-state index contributed by atoms with van der Waals surface area (Å²) in [5.41, 5.74) is 10.4. The van der Waals surface area contributed by atoms with Crippen molar-refractivity contribution in [3.8, 4) is 28.7 Å². The molecule has 0 saturated heterocycles. The number of rotatable bonds is 9. The zero-order valence-electron chi connectivity index (χ0n) is 47.6. The molecule has 5 aromatic heterocycles. The number of nitrogens with zero attached hydrogens (tertiary/aromatic N) is 12. The first kappa shape index (κ1) is 61.5. The Morgan fingerprint density at radius 2 is 0.835 bits per heavy atom. The van der Waals surface area contributed by atoms with E-state index in [1.54, 1.807) is 104 Å². The molecule has 0 saturated carbocycles. The van der Waals surface area contributed by atoms with Gasteiger partial charge in [-0.15, -0.1) is 0 Å². The molecule has 0 spiro atoms. The van der Waals surface area contributed by atoms with E-state index in [-0.39, 0.29) is 35.4 Å². The molecule has 22 nitrogen and oxygen atoms in total. The Morgan fingerprint density at radius 1 is 0.447 bits per heavy atom. The van der Waals surface area contributed by atoms with Crippen LogP contribution in [0.5, 0.6) is 28.7 Å². The van der Waals surface area contributed by atoms with Gasteiger partial charge in [0.05, 0.1) is 33.2 Å². The van der Waals surface area contributed by atoms with Crippen molar-refractivity contribution in [2.75, 3.05) is 36.0 Å². The first-order valence-electron chi connectivity index (χ1n) is 26.7. The molecule has 0 aliphatic carbocycles. The lowest BCUT2D eigenvalue weighted by Crippen LogP contribution is -2.23. The number of hydrogen-bond donors (Lipinski definition) is 2. The Bertz CT molecular complexity index is 4040. The van der Waals surface area contributed by atoms with E-state index in [4.69, 9.17) is 18.9 Å². The Hall–Kier alpha value is -9.61. The monoisotopic (exact) mass is 1220 g/mol. The molecule has 4 aliphatic heterocycles. The summed E-state index contributed by atoms with van der Waals surface area (Å²) in [7, 11) is 11.6. The van der Waals surface area contributed by atoms with E-state index < -0.39 is 0 Å². The highest BCUT2D eigenvalue weighted by Gasteiger charge is 2.24. The van der Waals surface area contributed by atoms with Crippen LogP contribution in [0.15, 0.2) is 163 Å². The van der Waals surface area contributed by atoms with Crippen LogP contribution < -0.4 is 61.2 Å². The zero-order valence-corrected chi connectivity index (χ0v) is 49.2. The Morgan fingerprint density at radius 3 is 1.28 bits per heavy atom. The fourth-order valence-corrected chi connectivity index (χ4v) is 9.82. The summed E-state index contributed by atoms with van der Waals surface area (Å²) in [5.74, 6) is 6.01. The number of fused-ring (bicyclic) bond motifs is 4. The maximum Gasteiger partial charge on any atom is 0.266 e. The molecule has 4 aromatic carbocycles. The highest BCUT2D eigenvalue weighted by atomic mass is 79.9. The van der Waals surface area contributed by atoms with Gasteiger partial charge in [-0.2, -0.15) is 20.4 Å². The molecule has 0 atom stereocenters. The van der Waals surface area contributed by atoms with Gasteiger partial charge in [0.15, 0.2) is 0 Å². The average Bonchev–Trinajstić information content (AvgIpc) is 4.49. The fraction of sp³-hybridized carbons (Fsp3) is 0.274. The van der Waals surface area contributed by atoms with Crippen LogP contribution >= 0.6 is 15.9 Å². The molecule has 4 aliphatic rings. The summed E-state index contributed by atoms with van der Waals surface area (Å²) >= 11 is 3.13. The number of anilines is 3. The number of aromatic nitrogens is 9. The maximum atomic E-state index is 11.5. The van der Waals surface area contributed by atoms with E-state index >= 15 is 0 Å². The lowest BCUT2D eigenvalue weighted by molar-refractivity contribution is 0.300. The van der Waals surface area contributed by atoms with Gasteiger partial charge in [-0.25, -0.2) is 18.7 Å². The topological polar surface area (TPSA) is 231 Å². The summed E-state index contributed by atoms with van der Waals surface area (Å²) in [6, 6.07) is 40.5. The molecule has 9 aromatic rings. The average molecular weight is 1220 g/mol. The van der Waals surface area contributed by atoms with E-state index in [1.165, 1.54) is 69.8 Å². The highest BCUT2D eigenvalue weighted by Crippen LogP contribution is 2.32. The number of aryl methyl sites for hydroxylation is 4. The van der Waals surface area contributed by atoms with Crippen molar-refractivity contribution in [1.29, 1.82) is 0 Å². The largest absolute Gasteiger partial charge is 0.508 e. The number of ether oxygens (including phenoxy) is 4.